The Morgan fingerprint density at radius 1 is 1.06 bits per heavy atom. The quantitative estimate of drug-likeness (QED) is 0.499. The first-order valence-corrected chi connectivity index (χ1v) is 12.6. The lowest BCUT2D eigenvalue weighted by Crippen LogP contribution is -2.22. The molecule has 2 aromatic rings. The van der Waals surface area contributed by atoms with E-state index in [1.807, 2.05) is 0 Å². The van der Waals surface area contributed by atoms with E-state index in [0.717, 1.165) is 37.3 Å². The third-order valence-electron chi connectivity index (χ3n) is 6.87. The number of carboxylic acid groups (broad SMARTS) is 1. The molecule has 1 saturated heterocycles. The molecule has 1 unspecified atom stereocenters. The van der Waals surface area contributed by atoms with Crippen LogP contribution in [0.5, 0.6) is 0 Å². The Bertz CT molecular complexity index is 1020. The van der Waals surface area contributed by atoms with Gasteiger partial charge < -0.3 is 10.0 Å². The number of rotatable bonds is 6. The monoisotopic (exact) mass is 502 g/mol. The molecule has 1 aliphatic heterocycles. The van der Waals surface area contributed by atoms with Gasteiger partial charge in [0, 0.05) is 23.9 Å². The first kappa shape index (κ1) is 27.6. The van der Waals surface area contributed by atoms with E-state index < -0.39 is 12.1 Å². The van der Waals surface area contributed by atoms with Crippen LogP contribution in [0, 0.1) is 11.3 Å². The van der Waals surface area contributed by atoms with Gasteiger partial charge in [0.15, 0.2) is 0 Å². The molecule has 6 nitrogen and oxygen atoms in total. The molecule has 2 heterocycles. The summed E-state index contributed by atoms with van der Waals surface area (Å²) in [6.45, 7) is 3.44. The van der Waals surface area contributed by atoms with E-state index in [-0.39, 0.29) is 0 Å². The molecule has 1 saturated carbocycles. The molecule has 1 aromatic heterocycles. The number of carbonyl (C=O) groups is 1. The highest BCUT2D eigenvalue weighted by Gasteiger charge is 2.38. The number of aryl methyl sites for hydroxylation is 1. The molecule has 9 heteroatoms. The predicted molar refractivity (Wildman–Crippen MR) is 129 cm³/mol. The summed E-state index contributed by atoms with van der Waals surface area (Å²) in [6.07, 6.45) is 5.83. The van der Waals surface area contributed by atoms with Crippen molar-refractivity contribution in [2.75, 3.05) is 19.6 Å². The van der Waals surface area contributed by atoms with E-state index in [0.29, 0.717) is 17.7 Å². The van der Waals surface area contributed by atoms with Gasteiger partial charge in [0.1, 0.15) is 6.07 Å². The highest BCUT2D eigenvalue weighted by Crippen LogP contribution is 2.31. The Morgan fingerprint density at radius 2 is 1.72 bits per heavy atom. The SMILES string of the molecule is N#Cc1nc(CCCN2CCC(c3ccccc3)C2)cc(C2CCCCCC2)n1.O=C(O)C(F)(F)F. The molecule has 2 fully saturated rings. The summed E-state index contributed by atoms with van der Waals surface area (Å²) in [5.41, 5.74) is 3.63. The summed E-state index contributed by atoms with van der Waals surface area (Å²) in [6, 6.07) is 15.3. The van der Waals surface area contributed by atoms with Gasteiger partial charge >= 0.3 is 12.1 Å². The summed E-state index contributed by atoms with van der Waals surface area (Å²) in [5, 5.41) is 16.5. The molecular weight excluding hydrogens is 469 g/mol. The van der Waals surface area contributed by atoms with Crippen LogP contribution in [0.1, 0.15) is 86.0 Å². The first-order valence-electron chi connectivity index (χ1n) is 12.6. The number of aromatic nitrogens is 2. The standard InChI is InChI=1S/C25H32N4.C2HF3O2/c26-18-25-27-23(17-24(28-25)21-11-4-1-2-5-12-21)13-8-15-29-16-14-22(19-29)20-9-6-3-7-10-20;3-2(4,5)1(6)7/h3,6-7,9-10,17,21-22H,1-2,4-5,8,11-16,19H2;(H,6,7). The van der Waals surface area contributed by atoms with E-state index in [9.17, 15) is 18.4 Å². The van der Waals surface area contributed by atoms with Crippen molar-refractivity contribution >= 4 is 5.97 Å². The maximum atomic E-state index is 10.6. The van der Waals surface area contributed by atoms with E-state index in [1.165, 1.54) is 57.1 Å². The number of nitriles is 1. The Hall–Kier alpha value is -2.99. The molecule has 4 rings (SSSR count). The average Bonchev–Trinajstić information content (AvgIpc) is 3.16. The highest BCUT2D eigenvalue weighted by molar-refractivity contribution is 5.73. The Morgan fingerprint density at radius 3 is 2.33 bits per heavy atom. The fourth-order valence-electron chi connectivity index (χ4n) is 5.00. The van der Waals surface area contributed by atoms with Crippen LogP contribution in [-0.4, -0.2) is 51.8 Å². The van der Waals surface area contributed by atoms with Gasteiger partial charge in [-0.3, -0.25) is 0 Å². The second kappa shape index (κ2) is 13.4. The van der Waals surface area contributed by atoms with Gasteiger partial charge in [0.05, 0.1) is 0 Å². The van der Waals surface area contributed by atoms with Crippen LogP contribution in [0.3, 0.4) is 0 Å². The van der Waals surface area contributed by atoms with E-state index in [1.54, 1.807) is 0 Å². The summed E-state index contributed by atoms with van der Waals surface area (Å²) in [5.74, 6) is -1.22. The maximum absolute atomic E-state index is 10.6. The second-order valence-corrected chi connectivity index (χ2v) is 9.51. The Balaban J connectivity index is 0.000000454. The molecule has 1 aromatic carbocycles. The molecule has 0 amide bonds. The number of halogens is 3. The minimum atomic E-state index is -5.08. The largest absolute Gasteiger partial charge is 0.490 e. The molecule has 1 N–H and O–H groups in total. The lowest BCUT2D eigenvalue weighted by molar-refractivity contribution is -0.192. The zero-order chi connectivity index (χ0) is 26.0. The van der Waals surface area contributed by atoms with Gasteiger partial charge in [-0.2, -0.15) is 18.4 Å². The first-order chi connectivity index (χ1) is 17.3. The van der Waals surface area contributed by atoms with Crippen LogP contribution in [-0.2, 0) is 11.2 Å². The Labute approximate surface area is 210 Å². The average molecular weight is 503 g/mol. The van der Waals surface area contributed by atoms with E-state index >= 15 is 0 Å². The molecule has 2 aliphatic rings. The molecule has 0 spiro atoms. The zero-order valence-corrected chi connectivity index (χ0v) is 20.4. The second-order valence-electron chi connectivity index (χ2n) is 9.51. The van der Waals surface area contributed by atoms with Gasteiger partial charge in [0.2, 0.25) is 5.82 Å². The number of aliphatic carboxylic acids is 1. The van der Waals surface area contributed by atoms with Gasteiger partial charge in [-0.1, -0.05) is 56.0 Å². The van der Waals surface area contributed by atoms with Crippen molar-refractivity contribution in [3.8, 4) is 6.07 Å². The summed E-state index contributed by atoms with van der Waals surface area (Å²) >= 11 is 0. The molecule has 1 atom stereocenters. The van der Waals surface area contributed by atoms with Crippen LogP contribution in [0.25, 0.3) is 0 Å². The van der Waals surface area contributed by atoms with Gasteiger partial charge in [0.25, 0.3) is 0 Å². The van der Waals surface area contributed by atoms with Crippen molar-refractivity contribution in [2.45, 2.75) is 75.8 Å². The lowest BCUT2D eigenvalue weighted by atomic mass is 9.95. The number of nitrogens with zero attached hydrogens (tertiary/aromatic N) is 4. The van der Waals surface area contributed by atoms with Crippen molar-refractivity contribution in [3.05, 3.63) is 59.2 Å². The Kier molecular flexibility index (Phi) is 10.2. The van der Waals surface area contributed by atoms with Crippen molar-refractivity contribution in [2.24, 2.45) is 0 Å². The molecular formula is C27H33F3N4O2. The summed E-state index contributed by atoms with van der Waals surface area (Å²) in [4.78, 5) is 20.5. The normalized spacial score (nSPS) is 19.1. The van der Waals surface area contributed by atoms with Crippen LogP contribution in [0.2, 0.25) is 0 Å². The topological polar surface area (TPSA) is 90.1 Å². The third kappa shape index (κ3) is 8.59. The van der Waals surface area contributed by atoms with Crippen LogP contribution < -0.4 is 0 Å². The fourth-order valence-corrected chi connectivity index (χ4v) is 5.00. The molecule has 36 heavy (non-hydrogen) atoms. The molecule has 194 valence electrons. The number of likely N-dealkylation sites (tertiary alicyclic amines) is 1. The predicted octanol–water partition coefficient (Wildman–Crippen LogP) is 5.84. The van der Waals surface area contributed by atoms with Crippen LogP contribution >= 0.6 is 0 Å². The van der Waals surface area contributed by atoms with Gasteiger partial charge in [-0.25, -0.2) is 14.8 Å². The number of alkyl halides is 3. The van der Waals surface area contributed by atoms with E-state index in [2.05, 4.69) is 57.3 Å². The number of benzene rings is 1. The van der Waals surface area contributed by atoms with Gasteiger partial charge in [-0.05, 0) is 62.7 Å². The van der Waals surface area contributed by atoms with Gasteiger partial charge in [-0.15, -0.1) is 0 Å². The fraction of sp³-hybridized carbons (Fsp3) is 0.556. The van der Waals surface area contributed by atoms with Crippen LogP contribution in [0.15, 0.2) is 36.4 Å². The van der Waals surface area contributed by atoms with Crippen molar-refractivity contribution in [1.82, 2.24) is 14.9 Å². The third-order valence-corrected chi connectivity index (χ3v) is 6.87. The van der Waals surface area contributed by atoms with Crippen molar-refractivity contribution in [1.29, 1.82) is 5.26 Å². The summed E-state index contributed by atoms with van der Waals surface area (Å²) in [7, 11) is 0. The minimum absolute atomic E-state index is 0.354. The highest BCUT2D eigenvalue weighted by atomic mass is 19.4. The smallest absolute Gasteiger partial charge is 0.475 e. The van der Waals surface area contributed by atoms with Crippen molar-refractivity contribution in [3.63, 3.8) is 0 Å². The molecule has 1 aliphatic carbocycles. The summed E-state index contributed by atoms with van der Waals surface area (Å²) < 4.78 is 31.7. The minimum Gasteiger partial charge on any atom is -0.475 e. The number of hydrogen-bond donors (Lipinski definition) is 1. The van der Waals surface area contributed by atoms with Crippen LogP contribution in [0.4, 0.5) is 13.2 Å². The number of carboxylic acids is 1. The zero-order valence-electron chi connectivity index (χ0n) is 20.4. The number of hydrogen-bond acceptors (Lipinski definition) is 5. The van der Waals surface area contributed by atoms with Crippen molar-refractivity contribution < 1.29 is 23.1 Å². The molecule has 0 bridgehead atoms. The molecule has 0 radical (unpaired) electrons. The maximum Gasteiger partial charge on any atom is 0.490 e. The van der Waals surface area contributed by atoms with E-state index in [4.69, 9.17) is 9.90 Å². The lowest BCUT2D eigenvalue weighted by Gasteiger charge is -2.17.